The molecular formula is C16H18N2O3. The van der Waals surface area contributed by atoms with Crippen LogP contribution in [0.2, 0.25) is 0 Å². The van der Waals surface area contributed by atoms with Crippen molar-refractivity contribution in [1.82, 2.24) is 4.90 Å². The minimum atomic E-state index is -0.586. The maximum Gasteiger partial charge on any atom is 0.119 e. The molecule has 0 bridgehead atoms. The first-order valence-electron chi connectivity index (χ1n) is 6.68. The molecule has 2 rings (SSSR count). The van der Waals surface area contributed by atoms with Crippen molar-refractivity contribution in [1.29, 1.82) is 5.26 Å². The summed E-state index contributed by atoms with van der Waals surface area (Å²) < 4.78 is 10.5. The van der Waals surface area contributed by atoms with E-state index >= 15 is 0 Å². The van der Waals surface area contributed by atoms with Gasteiger partial charge in [0.05, 0.1) is 24.2 Å². The third kappa shape index (κ3) is 4.95. The van der Waals surface area contributed by atoms with Crippen LogP contribution in [0.5, 0.6) is 5.75 Å². The molecule has 1 N–H and O–H groups in total. The Morgan fingerprint density at radius 3 is 2.71 bits per heavy atom. The van der Waals surface area contributed by atoms with E-state index in [2.05, 4.69) is 0 Å². The molecule has 1 heterocycles. The molecule has 5 nitrogen and oxygen atoms in total. The molecule has 1 aromatic carbocycles. The molecule has 2 aromatic rings. The van der Waals surface area contributed by atoms with Gasteiger partial charge in [0.1, 0.15) is 18.5 Å². The summed E-state index contributed by atoms with van der Waals surface area (Å²) >= 11 is 0. The fourth-order valence-electron chi connectivity index (χ4n) is 1.99. The number of hydrogen-bond acceptors (Lipinski definition) is 5. The van der Waals surface area contributed by atoms with Gasteiger partial charge in [0, 0.05) is 18.7 Å². The van der Waals surface area contributed by atoms with Gasteiger partial charge >= 0.3 is 0 Å². The van der Waals surface area contributed by atoms with E-state index in [0.717, 1.165) is 5.56 Å². The summed E-state index contributed by atoms with van der Waals surface area (Å²) in [6.45, 7) is 1.42. The number of ether oxygens (including phenoxy) is 1. The van der Waals surface area contributed by atoms with Crippen LogP contribution in [0.1, 0.15) is 11.1 Å². The Balaban J connectivity index is 1.73. The second-order valence-corrected chi connectivity index (χ2v) is 4.93. The zero-order valence-corrected chi connectivity index (χ0v) is 11.9. The first-order chi connectivity index (χ1) is 10.2. The second kappa shape index (κ2) is 7.48. The van der Waals surface area contributed by atoms with Gasteiger partial charge < -0.3 is 14.3 Å². The summed E-state index contributed by atoms with van der Waals surface area (Å²) in [7, 11) is 1.93. The monoisotopic (exact) mass is 286 g/mol. The van der Waals surface area contributed by atoms with Crippen LogP contribution in [0.15, 0.2) is 47.3 Å². The molecule has 0 aliphatic rings. The highest BCUT2D eigenvalue weighted by atomic mass is 16.5. The average molecular weight is 286 g/mol. The molecule has 0 aliphatic carbocycles. The standard InChI is InChI=1S/C16H18N2O3/c1-18(9-14-6-7-20-11-14)10-15(19)12-21-16-4-2-13(8-17)3-5-16/h2-7,11,15,19H,9-10,12H2,1H3. The van der Waals surface area contributed by atoms with Gasteiger partial charge in [-0.25, -0.2) is 0 Å². The molecular weight excluding hydrogens is 268 g/mol. The number of aliphatic hydroxyl groups is 1. The van der Waals surface area contributed by atoms with Gasteiger partial charge in [-0.1, -0.05) is 0 Å². The predicted molar refractivity (Wildman–Crippen MR) is 77.7 cm³/mol. The van der Waals surface area contributed by atoms with E-state index in [9.17, 15) is 5.11 Å². The molecule has 1 aromatic heterocycles. The van der Waals surface area contributed by atoms with Crippen molar-refractivity contribution in [2.75, 3.05) is 20.2 Å². The quantitative estimate of drug-likeness (QED) is 0.843. The largest absolute Gasteiger partial charge is 0.491 e. The third-order valence-corrected chi connectivity index (χ3v) is 2.98. The van der Waals surface area contributed by atoms with Crippen LogP contribution in [0.3, 0.4) is 0 Å². The van der Waals surface area contributed by atoms with Crippen molar-refractivity contribution in [3.63, 3.8) is 0 Å². The van der Waals surface area contributed by atoms with Crippen LogP contribution >= 0.6 is 0 Å². The smallest absolute Gasteiger partial charge is 0.119 e. The van der Waals surface area contributed by atoms with Gasteiger partial charge in [0.2, 0.25) is 0 Å². The lowest BCUT2D eigenvalue weighted by Crippen LogP contribution is -2.32. The van der Waals surface area contributed by atoms with Gasteiger partial charge in [0.15, 0.2) is 0 Å². The lowest BCUT2D eigenvalue weighted by molar-refractivity contribution is 0.0743. The molecule has 110 valence electrons. The molecule has 0 radical (unpaired) electrons. The molecule has 1 atom stereocenters. The fraction of sp³-hybridized carbons (Fsp3) is 0.312. The number of benzene rings is 1. The lowest BCUT2D eigenvalue weighted by Gasteiger charge is -2.20. The summed E-state index contributed by atoms with van der Waals surface area (Å²) in [4.78, 5) is 2.00. The van der Waals surface area contributed by atoms with Crippen LogP contribution in [0.25, 0.3) is 0 Å². The summed E-state index contributed by atoms with van der Waals surface area (Å²) in [5.41, 5.74) is 1.65. The SMILES string of the molecule is CN(Cc1ccoc1)CC(O)COc1ccc(C#N)cc1. The molecule has 1 unspecified atom stereocenters. The number of likely N-dealkylation sites (N-methyl/N-ethyl adjacent to an activating group) is 1. The minimum Gasteiger partial charge on any atom is -0.491 e. The maximum atomic E-state index is 9.97. The highest BCUT2D eigenvalue weighted by Gasteiger charge is 2.10. The zero-order valence-electron chi connectivity index (χ0n) is 11.9. The Labute approximate surface area is 124 Å². The molecule has 0 saturated heterocycles. The van der Waals surface area contributed by atoms with Gasteiger partial charge in [0.25, 0.3) is 0 Å². The van der Waals surface area contributed by atoms with Crippen molar-refractivity contribution >= 4 is 0 Å². The van der Waals surface area contributed by atoms with Crippen LogP contribution < -0.4 is 4.74 Å². The summed E-state index contributed by atoms with van der Waals surface area (Å²) in [5.74, 6) is 0.644. The second-order valence-electron chi connectivity index (χ2n) is 4.93. The van der Waals surface area contributed by atoms with E-state index < -0.39 is 6.10 Å². The van der Waals surface area contributed by atoms with E-state index in [-0.39, 0.29) is 6.61 Å². The maximum absolute atomic E-state index is 9.97. The third-order valence-electron chi connectivity index (χ3n) is 2.98. The first kappa shape index (κ1) is 15.1. The molecule has 0 fully saturated rings. The van der Waals surface area contributed by atoms with Crippen molar-refractivity contribution in [2.24, 2.45) is 0 Å². The summed E-state index contributed by atoms with van der Waals surface area (Å²) in [6.07, 6.45) is 2.74. The Bertz CT molecular complexity index is 573. The molecule has 0 spiro atoms. The van der Waals surface area contributed by atoms with Crippen molar-refractivity contribution in [3.8, 4) is 11.8 Å². The Morgan fingerprint density at radius 1 is 1.33 bits per heavy atom. The van der Waals surface area contributed by atoms with Gasteiger partial charge in [-0.15, -0.1) is 0 Å². The highest BCUT2D eigenvalue weighted by molar-refractivity contribution is 5.34. The molecule has 0 aliphatic heterocycles. The van der Waals surface area contributed by atoms with Crippen molar-refractivity contribution in [2.45, 2.75) is 12.6 Å². The zero-order chi connectivity index (χ0) is 15.1. The number of hydrogen-bond donors (Lipinski definition) is 1. The number of furan rings is 1. The average Bonchev–Trinajstić information content (AvgIpc) is 2.98. The number of aliphatic hydroxyl groups excluding tert-OH is 1. The number of nitriles is 1. The van der Waals surface area contributed by atoms with Crippen LogP contribution in [0.4, 0.5) is 0 Å². The molecule has 0 amide bonds. The van der Waals surface area contributed by atoms with E-state index in [1.165, 1.54) is 0 Å². The predicted octanol–water partition coefficient (Wildman–Crippen LogP) is 2.02. The Kier molecular flexibility index (Phi) is 5.38. The molecule has 21 heavy (non-hydrogen) atoms. The molecule has 5 heteroatoms. The van der Waals surface area contributed by atoms with Crippen LogP contribution in [-0.4, -0.2) is 36.3 Å². The lowest BCUT2D eigenvalue weighted by atomic mass is 10.2. The van der Waals surface area contributed by atoms with Crippen LogP contribution in [-0.2, 0) is 6.54 Å². The molecule has 0 saturated carbocycles. The van der Waals surface area contributed by atoms with E-state index in [4.69, 9.17) is 14.4 Å². The minimum absolute atomic E-state index is 0.210. The van der Waals surface area contributed by atoms with E-state index in [1.807, 2.05) is 24.1 Å². The summed E-state index contributed by atoms with van der Waals surface area (Å²) in [6, 6.07) is 10.8. The number of nitrogens with zero attached hydrogens (tertiary/aromatic N) is 2. The van der Waals surface area contributed by atoms with E-state index in [1.54, 1.807) is 36.8 Å². The van der Waals surface area contributed by atoms with Gasteiger partial charge in [-0.05, 0) is 37.4 Å². The topological polar surface area (TPSA) is 69.6 Å². The van der Waals surface area contributed by atoms with Crippen LogP contribution in [0, 0.1) is 11.3 Å². The fourth-order valence-corrected chi connectivity index (χ4v) is 1.99. The van der Waals surface area contributed by atoms with Crippen molar-refractivity contribution < 1.29 is 14.3 Å². The van der Waals surface area contributed by atoms with E-state index in [0.29, 0.717) is 24.4 Å². The first-order valence-corrected chi connectivity index (χ1v) is 6.68. The van der Waals surface area contributed by atoms with Gasteiger partial charge in [-0.3, -0.25) is 4.90 Å². The Hall–Kier alpha value is -2.29. The van der Waals surface area contributed by atoms with Gasteiger partial charge in [-0.2, -0.15) is 5.26 Å². The summed E-state index contributed by atoms with van der Waals surface area (Å²) in [5, 5.41) is 18.7. The Morgan fingerprint density at radius 2 is 2.10 bits per heavy atom. The van der Waals surface area contributed by atoms with Crippen molar-refractivity contribution in [3.05, 3.63) is 54.0 Å². The highest BCUT2D eigenvalue weighted by Crippen LogP contribution is 2.12. The number of rotatable bonds is 7. The normalized spacial score (nSPS) is 12.1.